The second-order valence-corrected chi connectivity index (χ2v) is 6.75. The van der Waals surface area contributed by atoms with Crippen molar-refractivity contribution in [1.82, 2.24) is 10.6 Å². The number of carboxylic acid groups (broad SMARTS) is 1. The lowest BCUT2D eigenvalue weighted by Crippen LogP contribution is -2.50. The van der Waals surface area contributed by atoms with Crippen molar-refractivity contribution in [2.45, 2.75) is 65.5 Å². The number of carboxylic acids is 1. The summed E-state index contributed by atoms with van der Waals surface area (Å²) in [5.74, 6) is 0.468. The van der Waals surface area contributed by atoms with Crippen molar-refractivity contribution >= 4 is 12.0 Å². The summed E-state index contributed by atoms with van der Waals surface area (Å²) < 4.78 is 0. The minimum absolute atomic E-state index is 0.155. The smallest absolute Gasteiger partial charge is 0.326 e. The van der Waals surface area contributed by atoms with Crippen molar-refractivity contribution in [1.29, 1.82) is 0 Å². The highest BCUT2D eigenvalue weighted by atomic mass is 16.4. The van der Waals surface area contributed by atoms with Crippen molar-refractivity contribution < 1.29 is 14.7 Å². The summed E-state index contributed by atoms with van der Waals surface area (Å²) in [6.45, 7) is 8.28. The van der Waals surface area contributed by atoms with Crippen molar-refractivity contribution in [3.8, 4) is 0 Å². The van der Waals surface area contributed by atoms with E-state index in [1.165, 1.54) is 6.42 Å². The van der Waals surface area contributed by atoms with E-state index in [2.05, 4.69) is 24.5 Å². The predicted octanol–water partition coefficient (Wildman–Crippen LogP) is 2.61. The number of carbonyl (C=O) groups excluding carboxylic acids is 1. The Bertz CT molecular complexity index is 334. The molecule has 3 atom stereocenters. The number of amides is 2. The molecule has 0 radical (unpaired) electrons. The molecule has 20 heavy (non-hydrogen) atoms. The number of hydrogen-bond acceptors (Lipinski definition) is 2. The second kappa shape index (κ2) is 7.50. The maximum atomic E-state index is 11.9. The SMILES string of the molecule is CC(C)C[C@H](NC(=O)NC1CC(C)CC(C)C1)C(=O)O. The molecule has 116 valence electrons. The molecule has 0 aromatic heterocycles. The molecular weight excluding hydrogens is 256 g/mol. The van der Waals surface area contributed by atoms with E-state index < -0.39 is 12.0 Å². The quantitative estimate of drug-likeness (QED) is 0.726. The number of nitrogens with one attached hydrogen (secondary N) is 2. The number of rotatable bonds is 5. The van der Waals surface area contributed by atoms with E-state index in [0.717, 1.165) is 12.8 Å². The van der Waals surface area contributed by atoms with Crippen LogP contribution in [0.3, 0.4) is 0 Å². The van der Waals surface area contributed by atoms with Gasteiger partial charge in [0.25, 0.3) is 0 Å². The lowest BCUT2D eigenvalue weighted by molar-refractivity contribution is -0.139. The van der Waals surface area contributed by atoms with Crippen LogP contribution in [0.4, 0.5) is 4.79 Å². The first-order valence-electron chi connectivity index (χ1n) is 7.57. The maximum absolute atomic E-state index is 11.9. The van der Waals surface area contributed by atoms with Gasteiger partial charge in [-0.3, -0.25) is 0 Å². The molecular formula is C15H28N2O3. The zero-order valence-electron chi connectivity index (χ0n) is 13.0. The average molecular weight is 284 g/mol. The molecule has 0 saturated heterocycles. The van der Waals surface area contributed by atoms with Gasteiger partial charge in [0.05, 0.1) is 0 Å². The van der Waals surface area contributed by atoms with Crippen molar-refractivity contribution in [2.24, 2.45) is 17.8 Å². The number of hydrogen-bond donors (Lipinski definition) is 3. The molecule has 1 fully saturated rings. The van der Waals surface area contributed by atoms with Gasteiger partial charge in [-0.05, 0) is 43.4 Å². The molecule has 0 aromatic carbocycles. The Kier molecular flexibility index (Phi) is 6.30. The van der Waals surface area contributed by atoms with Gasteiger partial charge < -0.3 is 15.7 Å². The van der Waals surface area contributed by atoms with Crippen LogP contribution < -0.4 is 10.6 Å². The van der Waals surface area contributed by atoms with Crippen molar-refractivity contribution in [3.05, 3.63) is 0 Å². The standard InChI is InChI=1S/C15H28N2O3/c1-9(2)5-13(14(18)19)17-15(20)16-12-7-10(3)6-11(4)8-12/h9-13H,5-8H2,1-4H3,(H,18,19)(H2,16,17,20)/t10?,11?,12?,13-/m0/s1. The minimum Gasteiger partial charge on any atom is -0.480 e. The highest BCUT2D eigenvalue weighted by Gasteiger charge is 2.27. The van der Waals surface area contributed by atoms with E-state index in [-0.39, 0.29) is 18.0 Å². The van der Waals surface area contributed by atoms with E-state index in [1.807, 2.05) is 13.8 Å². The summed E-state index contributed by atoms with van der Waals surface area (Å²) >= 11 is 0. The maximum Gasteiger partial charge on any atom is 0.326 e. The molecule has 0 aliphatic heterocycles. The molecule has 1 aliphatic carbocycles. The van der Waals surface area contributed by atoms with Crippen LogP contribution in [-0.4, -0.2) is 29.2 Å². The molecule has 5 nitrogen and oxygen atoms in total. The first-order chi connectivity index (χ1) is 9.27. The average Bonchev–Trinajstić information content (AvgIpc) is 2.25. The van der Waals surface area contributed by atoms with Gasteiger partial charge >= 0.3 is 12.0 Å². The first kappa shape index (κ1) is 16.8. The van der Waals surface area contributed by atoms with E-state index in [0.29, 0.717) is 18.3 Å². The molecule has 0 spiro atoms. The Morgan fingerprint density at radius 2 is 1.70 bits per heavy atom. The summed E-state index contributed by atoms with van der Waals surface area (Å²) in [4.78, 5) is 23.1. The highest BCUT2D eigenvalue weighted by molar-refractivity contribution is 5.82. The molecule has 0 bridgehead atoms. The number of carbonyl (C=O) groups is 2. The largest absolute Gasteiger partial charge is 0.480 e. The predicted molar refractivity (Wildman–Crippen MR) is 78.5 cm³/mol. The third-order valence-electron chi connectivity index (χ3n) is 3.82. The van der Waals surface area contributed by atoms with Gasteiger partial charge in [0.2, 0.25) is 0 Å². The van der Waals surface area contributed by atoms with E-state index in [4.69, 9.17) is 5.11 Å². The molecule has 1 aliphatic rings. The fourth-order valence-corrected chi connectivity index (χ4v) is 3.14. The second-order valence-electron chi connectivity index (χ2n) is 6.75. The third-order valence-corrected chi connectivity index (χ3v) is 3.82. The molecule has 5 heteroatoms. The van der Waals surface area contributed by atoms with Crippen LogP contribution in [0, 0.1) is 17.8 Å². The zero-order chi connectivity index (χ0) is 15.3. The van der Waals surface area contributed by atoms with E-state index in [9.17, 15) is 9.59 Å². The molecule has 3 N–H and O–H groups in total. The molecule has 0 heterocycles. The lowest BCUT2D eigenvalue weighted by Gasteiger charge is -2.32. The molecule has 1 saturated carbocycles. The van der Waals surface area contributed by atoms with Crippen LogP contribution in [0.1, 0.15) is 53.4 Å². The fourth-order valence-electron chi connectivity index (χ4n) is 3.14. The van der Waals surface area contributed by atoms with Crippen molar-refractivity contribution in [3.63, 3.8) is 0 Å². The van der Waals surface area contributed by atoms with Gasteiger partial charge in [0, 0.05) is 6.04 Å². The van der Waals surface area contributed by atoms with Gasteiger partial charge in [-0.15, -0.1) is 0 Å². The van der Waals surface area contributed by atoms with Gasteiger partial charge in [-0.1, -0.05) is 27.7 Å². The Morgan fingerprint density at radius 3 is 2.15 bits per heavy atom. The lowest BCUT2D eigenvalue weighted by atomic mass is 9.80. The first-order valence-corrected chi connectivity index (χ1v) is 7.57. The highest BCUT2D eigenvalue weighted by Crippen LogP contribution is 2.28. The zero-order valence-corrected chi connectivity index (χ0v) is 13.0. The molecule has 0 aromatic rings. The Morgan fingerprint density at radius 1 is 1.15 bits per heavy atom. The van der Waals surface area contributed by atoms with Crippen LogP contribution in [0.25, 0.3) is 0 Å². The topological polar surface area (TPSA) is 78.4 Å². The number of urea groups is 1. The summed E-state index contributed by atoms with van der Waals surface area (Å²) in [6, 6.07) is -1.01. The van der Waals surface area contributed by atoms with E-state index in [1.54, 1.807) is 0 Å². The Balaban J connectivity index is 2.46. The summed E-state index contributed by atoms with van der Waals surface area (Å²) in [5.41, 5.74) is 0. The summed E-state index contributed by atoms with van der Waals surface area (Å²) in [7, 11) is 0. The Labute approximate surface area is 121 Å². The molecule has 2 unspecified atom stereocenters. The van der Waals surface area contributed by atoms with Crippen LogP contribution in [0.5, 0.6) is 0 Å². The van der Waals surface area contributed by atoms with Gasteiger partial charge in [-0.2, -0.15) is 0 Å². The summed E-state index contributed by atoms with van der Waals surface area (Å²) in [5, 5.41) is 14.6. The number of aliphatic carboxylic acids is 1. The fraction of sp³-hybridized carbons (Fsp3) is 0.867. The normalized spacial score (nSPS) is 27.9. The van der Waals surface area contributed by atoms with E-state index >= 15 is 0 Å². The van der Waals surface area contributed by atoms with Gasteiger partial charge in [0.1, 0.15) is 6.04 Å². The molecule has 1 rings (SSSR count). The van der Waals surface area contributed by atoms with Gasteiger partial charge in [0.15, 0.2) is 0 Å². The third kappa shape index (κ3) is 5.80. The Hall–Kier alpha value is -1.26. The molecule has 2 amide bonds. The van der Waals surface area contributed by atoms with Crippen LogP contribution in [0.2, 0.25) is 0 Å². The van der Waals surface area contributed by atoms with Gasteiger partial charge in [-0.25, -0.2) is 9.59 Å². The van der Waals surface area contributed by atoms with Crippen LogP contribution in [0.15, 0.2) is 0 Å². The van der Waals surface area contributed by atoms with Crippen molar-refractivity contribution in [2.75, 3.05) is 0 Å². The minimum atomic E-state index is -0.973. The van der Waals surface area contributed by atoms with Crippen LogP contribution >= 0.6 is 0 Å². The summed E-state index contributed by atoms with van der Waals surface area (Å²) in [6.07, 6.45) is 3.59. The monoisotopic (exact) mass is 284 g/mol. The van der Waals surface area contributed by atoms with Crippen LogP contribution in [-0.2, 0) is 4.79 Å².